The Balaban J connectivity index is 0.00000312. The van der Waals surface area contributed by atoms with Crippen molar-refractivity contribution in [1.82, 2.24) is 25.6 Å². The third kappa shape index (κ3) is 6.00. The molecule has 2 N–H and O–H groups in total. The molecule has 1 amide bonds. The van der Waals surface area contributed by atoms with Gasteiger partial charge in [0.2, 0.25) is 0 Å². The number of aryl methyl sites for hydroxylation is 1. The Kier molecular flexibility index (Phi) is 8.90. The van der Waals surface area contributed by atoms with E-state index in [0.717, 1.165) is 11.4 Å². The van der Waals surface area contributed by atoms with Gasteiger partial charge in [-0.05, 0) is 38.2 Å². The Morgan fingerprint density at radius 1 is 1.16 bits per heavy atom. The summed E-state index contributed by atoms with van der Waals surface area (Å²) in [6.07, 6.45) is 0. The number of rotatable bonds is 9. The Hall–Kier alpha value is -2.16. The lowest BCUT2D eigenvalue weighted by atomic mass is 10.3. The fourth-order valence-corrected chi connectivity index (χ4v) is 2.01. The predicted molar refractivity (Wildman–Crippen MR) is 97.0 cm³/mol. The molecule has 2 aromatic rings. The fourth-order valence-electron chi connectivity index (χ4n) is 2.01. The fraction of sp³-hybridized carbons (Fsp3) is 0.438. The molecule has 0 aliphatic rings. The summed E-state index contributed by atoms with van der Waals surface area (Å²) >= 11 is 0. The maximum absolute atomic E-state index is 12.1. The first kappa shape index (κ1) is 20.9. The molecule has 25 heavy (non-hydrogen) atoms. The first-order valence-electron chi connectivity index (χ1n) is 7.74. The molecule has 0 unspecified atom stereocenters. The Morgan fingerprint density at radius 2 is 1.88 bits per heavy atom. The van der Waals surface area contributed by atoms with Crippen molar-refractivity contribution >= 4 is 18.3 Å². The highest BCUT2D eigenvalue weighted by Crippen LogP contribution is 2.15. The number of amides is 1. The SMILES string of the molecule is CNCCNC(=O)c1nn(-c2ccc(OCCOC)cc2)nc1C.Cl. The molecule has 0 bridgehead atoms. The van der Waals surface area contributed by atoms with Crippen molar-refractivity contribution in [3.05, 3.63) is 35.7 Å². The Bertz CT molecular complexity index is 660. The second-order valence-electron chi connectivity index (χ2n) is 5.12. The van der Waals surface area contributed by atoms with Crippen LogP contribution in [0.3, 0.4) is 0 Å². The minimum atomic E-state index is -0.228. The molecule has 0 spiro atoms. The summed E-state index contributed by atoms with van der Waals surface area (Å²) in [5.74, 6) is 0.512. The van der Waals surface area contributed by atoms with Gasteiger partial charge in [-0.25, -0.2) is 0 Å². The zero-order valence-electron chi connectivity index (χ0n) is 14.6. The van der Waals surface area contributed by atoms with Crippen molar-refractivity contribution in [1.29, 1.82) is 0 Å². The molecule has 1 heterocycles. The third-order valence-corrected chi connectivity index (χ3v) is 3.28. The molecule has 0 saturated heterocycles. The third-order valence-electron chi connectivity index (χ3n) is 3.28. The van der Waals surface area contributed by atoms with Gasteiger partial charge in [-0.3, -0.25) is 4.79 Å². The van der Waals surface area contributed by atoms with Gasteiger partial charge in [-0.2, -0.15) is 9.90 Å². The van der Waals surface area contributed by atoms with E-state index >= 15 is 0 Å². The topological polar surface area (TPSA) is 90.3 Å². The molecule has 8 nitrogen and oxygen atoms in total. The molecular formula is C16H24ClN5O3. The molecule has 9 heteroatoms. The van der Waals surface area contributed by atoms with Crippen molar-refractivity contribution < 1.29 is 14.3 Å². The summed E-state index contributed by atoms with van der Waals surface area (Å²) in [5.41, 5.74) is 1.66. The number of carbonyl (C=O) groups is 1. The zero-order valence-corrected chi connectivity index (χ0v) is 15.4. The maximum atomic E-state index is 12.1. The van der Waals surface area contributed by atoms with Crippen LogP contribution in [0.4, 0.5) is 0 Å². The van der Waals surface area contributed by atoms with Gasteiger partial charge in [-0.15, -0.1) is 17.5 Å². The van der Waals surface area contributed by atoms with Gasteiger partial charge in [0.05, 0.1) is 18.0 Å². The van der Waals surface area contributed by atoms with Crippen LogP contribution in [0.15, 0.2) is 24.3 Å². The van der Waals surface area contributed by atoms with Crippen LogP contribution in [0.5, 0.6) is 5.75 Å². The van der Waals surface area contributed by atoms with Crippen molar-refractivity contribution in [2.24, 2.45) is 0 Å². The molecule has 0 fully saturated rings. The average molecular weight is 370 g/mol. The number of aromatic nitrogens is 3. The van der Waals surface area contributed by atoms with Crippen LogP contribution in [0.1, 0.15) is 16.2 Å². The standard InChI is InChI=1S/C16H23N5O3.ClH/c1-12-15(16(22)18-9-8-17-2)20-21(19-12)13-4-6-14(7-5-13)24-11-10-23-3;/h4-7,17H,8-11H2,1-3H3,(H,18,22);1H. The molecule has 0 aliphatic heterocycles. The van der Waals surface area contributed by atoms with E-state index < -0.39 is 0 Å². The summed E-state index contributed by atoms with van der Waals surface area (Å²) in [5, 5.41) is 14.3. The Labute approximate surface area is 153 Å². The molecule has 0 saturated carbocycles. The number of nitrogens with one attached hydrogen (secondary N) is 2. The van der Waals surface area contributed by atoms with Gasteiger partial charge in [-0.1, -0.05) is 0 Å². The molecule has 2 rings (SSSR count). The van der Waals surface area contributed by atoms with Gasteiger partial charge in [0.25, 0.3) is 5.91 Å². The predicted octanol–water partition coefficient (Wildman–Crippen LogP) is 0.972. The van der Waals surface area contributed by atoms with Gasteiger partial charge < -0.3 is 20.1 Å². The summed E-state index contributed by atoms with van der Waals surface area (Å²) in [7, 11) is 3.46. The highest BCUT2D eigenvalue weighted by atomic mass is 35.5. The first-order chi connectivity index (χ1) is 11.7. The summed E-state index contributed by atoms with van der Waals surface area (Å²) in [6.45, 7) is 4.02. The number of halogens is 1. The highest BCUT2D eigenvalue weighted by Gasteiger charge is 2.15. The van der Waals surface area contributed by atoms with Crippen LogP contribution in [-0.2, 0) is 4.74 Å². The number of hydrogen-bond donors (Lipinski definition) is 2. The van der Waals surface area contributed by atoms with Crippen molar-refractivity contribution in [3.63, 3.8) is 0 Å². The van der Waals surface area contributed by atoms with E-state index in [9.17, 15) is 4.79 Å². The number of ether oxygens (including phenoxy) is 2. The maximum Gasteiger partial charge on any atom is 0.273 e. The summed E-state index contributed by atoms with van der Waals surface area (Å²) in [4.78, 5) is 13.5. The minimum absolute atomic E-state index is 0. The van der Waals surface area contributed by atoms with Gasteiger partial charge in [0, 0.05) is 20.2 Å². The first-order valence-corrected chi connectivity index (χ1v) is 7.74. The number of nitrogens with zero attached hydrogens (tertiary/aromatic N) is 3. The molecular weight excluding hydrogens is 346 g/mol. The number of methoxy groups -OCH3 is 1. The molecule has 0 radical (unpaired) electrons. The van der Waals surface area contributed by atoms with Crippen molar-refractivity contribution in [3.8, 4) is 11.4 Å². The van der Waals surface area contributed by atoms with E-state index in [1.165, 1.54) is 4.80 Å². The number of carbonyl (C=O) groups excluding carboxylic acids is 1. The van der Waals surface area contributed by atoms with Crippen LogP contribution < -0.4 is 15.4 Å². The number of likely N-dealkylation sites (N-methyl/N-ethyl adjacent to an activating group) is 1. The molecule has 1 aromatic heterocycles. The lowest BCUT2D eigenvalue weighted by Gasteiger charge is -2.06. The second-order valence-corrected chi connectivity index (χ2v) is 5.12. The van der Waals surface area contributed by atoms with Crippen molar-refractivity contribution in [2.45, 2.75) is 6.92 Å². The normalized spacial score (nSPS) is 10.2. The van der Waals surface area contributed by atoms with E-state index in [1.807, 2.05) is 31.3 Å². The molecule has 1 aromatic carbocycles. The smallest absolute Gasteiger partial charge is 0.273 e. The monoisotopic (exact) mass is 369 g/mol. The zero-order chi connectivity index (χ0) is 17.4. The Morgan fingerprint density at radius 3 is 2.52 bits per heavy atom. The van der Waals surface area contributed by atoms with Gasteiger partial charge in [0.1, 0.15) is 12.4 Å². The van der Waals surface area contributed by atoms with Gasteiger partial charge in [0.15, 0.2) is 5.69 Å². The van der Waals surface area contributed by atoms with Crippen LogP contribution in [0.2, 0.25) is 0 Å². The van der Waals surface area contributed by atoms with Crippen LogP contribution >= 0.6 is 12.4 Å². The number of benzene rings is 1. The van der Waals surface area contributed by atoms with Crippen LogP contribution in [-0.4, -0.2) is 61.4 Å². The molecule has 0 aliphatic carbocycles. The molecule has 138 valence electrons. The van der Waals surface area contributed by atoms with Crippen molar-refractivity contribution in [2.75, 3.05) is 40.5 Å². The second kappa shape index (κ2) is 10.7. The lowest BCUT2D eigenvalue weighted by Crippen LogP contribution is -2.31. The van der Waals surface area contributed by atoms with E-state index in [1.54, 1.807) is 14.0 Å². The van der Waals surface area contributed by atoms with E-state index in [4.69, 9.17) is 9.47 Å². The van der Waals surface area contributed by atoms with Crippen LogP contribution in [0, 0.1) is 6.92 Å². The van der Waals surface area contributed by atoms with E-state index in [2.05, 4.69) is 20.8 Å². The largest absolute Gasteiger partial charge is 0.491 e. The summed E-state index contributed by atoms with van der Waals surface area (Å²) < 4.78 is 10.5. The highest BCUT2D eigenvalue weighted by molar-refractivity contribution is 5.93. The number of hydrogen-bond acceptors (Lipinski definition) is 6. The van der Waals surface area contributed by atoms with E-state index in [0.29, 0.717) is 37.7 Å². The quantitative estimate of drug-likeness (QED) is 0.640. The van der Waals surface area contributed by atoms with Crippen LogP contribution in [0.25, 0.3) is 5.69 Å². The molecule has 0 atom stereocenters. The van der Waals surface area contributed by atoms with E-state index in [-0.39, 0.29) is 18.3 Å². The minimum Gasteiger partial charge on any atom is -0.491 e. The summed E-state index contributed by atoms with van der Waals surface area (Å²) in [6, 6.07) is 7.33. The lowest BCUT2D eigenvalue weighted by molar-refractivity contribution is 0.0948. The average Bonchev–Trinajstić information content (AvgIpc) is 2.98. The van der Waals surface area contributed by atoms with Gasteiger partial charge >= 0.3 is 0 Å².